The van der Waals surface area contributed by atoms with Crippen LogP contribution in [0.5, 0.6) is 0 Å². The van der Waals surface area contributed by atoms with E-state index in [9.17, 15) is 14.0 Å². The Hall–Kier alpha value is -2.11. The van der Waals surface area contributed by atoms with E-state index in [1.54, 1.807) is 37.8 Å². The van der Waals surface area contributed by atoms with E-state index in [1.165, 1.54) is 19.2 Å². The summed E-state index contributed by atoms with van der Waals surface area (Å²) in [4.78, 5) is 26.0. The summed E-state index contributed by atoms with van der Waals surface area (Å²) >= 11 is 0. The van der Waals surface area contributed by atoms with E-state index in [1.807, 2.05) is 0 Å². The molecule has 6 heteroatoms. The Morgan fingerprint density at radius 3 is 2.58 bits per heavy atom. The number of esters is 1. The van der Waals surface area contributed by atoms with Crippen LogP contribution in [0.25, 0.3) is 0 Å². The molecule has 5 nitrogen and oxygen atoms in total. The zero-order valence-corrected chi connectivity index (χ0v) is 14.5. The molecule has 132 valence electrons. The molecule has 1 aromatic rings. The van der Waals surface area contributed by atoms with Gasteiger partial charge in [-0.2, -0.15) is 0 Å². The molecule has 2 rings (SSSR count). The largest absolute Gasteiger partial charge is 0.469 e. The smallest absolute Gasteiger partial charge is 0.410 e. The van der Waals surface area contributed by atoms with E-state index in [0.29, 0.717) is 18.5 Å². The molecule has 1 fully saturated rings. The maximum absolute atomic E-state index is 13.6. The van der Waals surface area contributed by atoms with Gasteiger partial charge in [0.2, 0.25) is 0 Å². The van der Waals surface area contributed by atoms with E-state index < -0.39 is 17.6 Å². The number of amides is 1. The van der Waals surface area contributed by atoms with Gasteiger partial charge in [-0.15, -0.1) is 0 Å². The predicted molar refractivity (Wildman–Crippen MR) is 87.1 cm³/mol. The first-order valence-electron chi connectivity index (χ1n) is 8.02. The average Bonchev–Trinajstić information content (AvgIpc) is 2.52. The van der Waals surface area contributed by atoms with E-state index >= 15 is 0 Å². The van der Waals surface area contributed by atoms with Crippen LogP contribution in [0.2, 0.25) is 0 Å². The van der Waals surface area contributed by atoms with E-state index in [2.05, 4.69) is 0 Å². The fourth-order valence-electron chi connectivity index (χ4n) is 2.95. The fraction of sp³-hybridized carbons (Fsp3) is 0.556. The zero-order chi connectivity index (χ0) is 17.9. The van der Waals surface area contributed by atoms with Gasteiger partial charge >= 0.3 is 12.1 Å². The van der Waals surface area contributed by atoms with Gasteiger partial charge in [-0.25, -0.2) is 9.18 Å². The summed E-state index contributed by atoms with van der Waals surface area (Å²) in [6.45, 7) is 6.10. The SMILES string of the molecule is COC(=O)[C@@H]1CCN(C(=O)OC(C)(C)C)C[C@H]1c1cccc(F)c1. The highest BCUT2D eigenvalue weighted by Gasteiger charge is 2.38. The van der Waals surface area contributed by atoms with Crippen molar-refractivity contribution in [3.8, 4) is 0 Å². The van der Waals surface area contributed by atoms with Crippen molar-refractivity contribution in [2.75, 3.05) is 20.2 Å². The van der Waals surface area contributed by atoms with E-state index in [-0.39, 0.29) is 24.2 Å². The van der Waals surface area contributed by atoms with Crippen LogP contribution in [-0.4, -0.2) is 42.8 Å². The summed E-state index contributed by atoms with van der Waals surface area (Å²) in [5.74, 6) is -1.44. The Morgan fingerprint density at radius 2 is 2.00 bits per heavy atom. The number of hydrogen-bond donors (Lipinski definition) is 0. The third-order valence-corrected chi connectivity index (χ3v) is 4.05. The van der Waals surface area contributed by atoms with Crippen molar-refractivity contribution < 1.29 is 23.5 Å². The summed E-state index contributed by atoms with van der Waals surface area (Å²) in [6.07, 6.45) is 0.0276. The molecule has 1 aliphatic heterocycles. The molecule has 1 amide bonds. The van der Waals surface area contributed by atoms with Gasteiger partial charge < -0.3 is 14.4 Å². The summed E-state index contributed by atoms with van der Waals surface area (Å²) < 4.78 is 23.9. The van der Waals surface area contributed by atoms with Gasteiger partial charge in [-0.05, 0) is 44.9 Å². The normalized spacial score (nSPS) is 21.3. The molecule has 0 radical (unpaired) electrons. The second-order valence-corrected chi connectivity index (χ2v) is 7.01. The molecule has 24 heavy (non-hydrogen) atoms. The van der Waals surface area contributed by atoms with Crippen molar-refractivity contribution in [2.45, 2.75) is 38.7 Å². The van der Waals surface area contributed by atoms with Crippen molar-refractivity contribution in [3.05, 3.63) is 35.6 Å². The van der Waals surface area contributed by atoms with Crippen LogP contribution in [-0.2, 0) is 14.3 Å². The number of nitrogens with zero attached hydrogens (tertiary/aromatic N) is 1. The van der Waals surface area contributed by atoms with E-state index in [4.69, 9.17) is 9.47 Å². The van der Waals surface area contributed by atoms with Gasteiger partial charge in [-0.1, -0.05) is 12.1 Å². The number of methoxy groups -OCH3 is 1. The molecule has 1 aliphatic rings. The van der Waals surface area contributed by atoms with Gasteiger partial charge in [0.25, 0.3) is 0 Å². The molecule has 0 saturated carbocycles. The maximum atomic E-state index is 13.6. The second kappa shape index (κ2) is 7.20. The zero-order valence-electron chi connectivity index (χ0n) is 14.5. The summed E-state index contributed by atoms with van der Waals surface area (Å²) in [7, 11) is 1.34. The first-order chi connectivity index (χ1) is 11.2. The maximum Gasteiger partial charge on any atom is 0.410 e. The lowest BCUT2D eigenvalue weighted by atomic mass is 9.80. The summed E-state index contributed by atoms with van der Waals surface area (Å²) in [5, 5.41) is 0. The van der Waals surface area contributed by atoms with Gasteiger partial charge in [-0.3, -0.25) is 4.79 Å². The molecule has 1 saturated heterocycles. The molecule has 1 heterocycles. The van der Waals surface area contributed by atoms with Gasteiger partial charge in [0.05, 0.1) is 13.0 Å². The lowest BCUT2D eigenvalue weighted by Crippen LogP contribution is -2.46. The molecule has 0 spiro atoms. The van der Waals surface area contributed by atoms with Crippen LogP contribution in [0.3, 0.4) is 0 Å². The van der Waals surface area contributed by atoms with Gasteiger partial charge in [0.15, 0.2) is 0 Å². The summed E-state index contributed by atoms with van der Waals surface area (Å²) in [5.41, 5.74) is 0.0867. The molecule has 2 atom stereocenters. The third kappa shape index (κ3) is 4.46. The van der Waals surface area contributed by atoms with E-state index in [0.717, 1.165) is 0 Å². The number of ether oxygens (including phenoxy) is 2. The molecule has 0 bridgehead atoms. The predicted octanol–water partition coefficient (Wildman–Crippen LogP) is 3.34. The highest BCUT2D eigenvalue weighted by molar-refractivity contribution is 5.75. The third-order valence-electron chi connectivity index (χ3n) is 4.05. The number of benzene rings is 1. The van der Waals surface area contributed by atoms with Crippen LogP contribution >= 0.6 is 0 Å². The molecular formula is C18H24FNO4. The van der Waals surface area contributed by atoms with Crippen molar-refractivity contribution in [1.29, 1.82) is 0 Å². The van der Waals surface area contributed by atoms with Crippen LogP contribution in [0, 0.1) is 11.7 Å². The van der Waals surface area contributed by atoms with Crippen molar-refractivity contribution in [2.24, 2.45) is 5.92 Å². The summed E-state index contributed by atoms with van der Waals surface area (Å²) in [6, 6.07) is 6.12. The molecule has 0 aliphatic carbocycles. The number of halogens is 1. The van der Waals surface area contributed by atoms with Gasteiger partial charge in [0, 0.05) is 19.0 Å². The second-order valence-electron chi connectivity index (χ2n) is 7.01. The molecule has 0 unspecified atom stereocenters. The minimum Gasteiger partial charge on any atom is -0.469 e. The van der Waals surface area contributed by atoms with Crippen LogP contribution in [0.4, 0.5) is 9.18 Å². The van der Waals surface area contributed by atoms with Crippen LogP contribution in [0.1, 0.15) is 38.7 Å². The minimum atomic E-state index is -0.593. The number of piperidine rings is 1. The Morgan fingerprint density at radius 1 is 1.29 bits per heavy atom. The minimum absolute atomic E-state index is 0.290. The van der Waals surface area contributed by atoms with Gasteiger partial charge in [0.1, 0.15) is 11.4 Å². The lowest BCUT2D eigenvalue weighted by Gasteiger charge is -2.38. The Labute approximate surface area is 141 Å². The molecule has 0 N–H and O–H groups in total. The quantitative estimate of drug-likeness (QED) is 0.777. The number of rotatable bonds is 2. The number of carbonyl (C=O) groups is 2. The molecular weight excluding hydrogens is 313 g/mol. The number of carbonyl (C=O) groups excluding carboxylic acids is 2. The lowest BCUT2D eigenvalue weighted by molar-refractivity contribution is -0.147. The van der Waals surface area contributed by atoms with Crippen molar-refractivity contribution in [1.82, 2.24) is 4.90 Å². The van der Waals surface area contributed by atoms with Crippen molar-refractivity contribution >= 4 is 12.1 Å². The Kier molecular flexibility index (Phi) is 5.47. The topological polar surface area (TPSA) is 55.8 Å². The van der Waals surface area contributed by atoms with Crippen LogP contribution < -0.4 is 0 Å². The standard InChI is InChI=1S/C18H24FNO4/c1-18(2,3)24-17(22)20-9-8-14(16(21)23-4)15(11-20)12-6-5-7-13(19)10-12/h5-7,10,14-15H,8-9,11H2,1-4H3/t14-,15+/m1/s1. The number of hydrogen-bond acceptors (Lipinski definition) is 4. The Balaban J connectivity index is 2.23. The Bertz CT molecular complexity index is 611. The molecule has 0 aromatic heterocycles. The highest BCUT2D eigenvalue weighted by atomic mass is 19.1. The first-order valence-corrected chi connectivity index (χ1v) is 8.02. The fourth-order valence-corrected chi connectivity index (χ4v) is 2.95. The number of likely N-dealkylation sites (tertiary alicyclic amines) is 1. The average molecular weight is 337 g/mol. The molecule has 1 aromatic carbocycles. The first kappa shape index (κ1) is 18.2. The van der Waals surface area contributed by atoms with Crippen molar-refractivity contribution in [3.63, 3.8) is 0 Å². The monoisotopic (exact) mass is 337 g/mol. The van der Waals surface area contributed by atoms with Crippen LogP contribution in [0.15, 0.2) is 24.3 Å². The highest BCUT2D eigenvalue weighted by Crippen LogP contribution is 2.34.